The number of benzene rings is 2. The van der Waals surface area contributed by atoms with Gasteiger partial charge < -0.3 is 10.6 Å². The lowest BCUT2D eigenvalue weighted by Crippen LogP contribution is -2.45. The molecular weight excluding hydrogens is 510 g/mol. The van der Waals surface area contributed by atoms with Gasteiger partial charge in [0.15, 0.2) is 0 Å². The van der Waals surface area contributed by atoms with Gasteiger partial charge in [0, 0.05) is 44.2 Å². The SMILES string of the molecule is CC(=O)Nc1ccc(N2C(=O)CC(N(Cc3cccnc3)S(=O)(=O)c3ccc(NC(C)=O)cc3)C2=O)cc1. The van der Waals surface area contributed by atoms with Crippen LogP contribution in [0, 0.1) is 0 Å². The lowest BCUT2D eigenvalue weighted by molar-refractivity contribution is -0.122. The number of nitrogens with zero attached hydrogens (tertiary/aromatic N) is 3. The summed E-state index contributed by atoms with van der Waals surface area (Å²) in [7, 11) is -4.26. The van der Waals surface area contributed by atoms with Crippen LogP contribution in [0.2, 0.25) is 0 Å². The van der Waals surface area contributed by atoms with Crippen molar-refractivity contribution in [2.75, 3.05) is 15.5 Å². The van der Waals surface area contributed by atoms with Crippen molar-refractivity contribution in [3.8, 4) is 0 Å². The van der Waals surface area contributed by atoms with Crippen molar-refractivity contribution in [3.05, 3.63) is 78.6 Å². The third-order valence-electron chi connectivity index (χ3n) is 5.76. The zero-order valence-corrected chi connectivity index (χ0v) is 21.4. The van der Waals surface area contributed by atoms with Gasteiger partial charge >= 0.3 is 0 Å². The lowest BCUT2D eigenvalue weighted by atomic mass is 10.2. The van der Waals surface area contributed by atoms with Crippen LogP contribution >= 0.6 is 0 Å². The second-order valence-electron chi connectivity index (χ2n) is 8.63. The number of amides is 4. The topological polar surface area (TPSA) is 146 Å². The molecule has 0 bridgehead atoms. The summed E-state index contributed by atoms with van der Waals surface area (Å²) in [6.45, 7) is 2.50. The third kappa shape index (κ3) is 5.76. The number of carbonyl (C=O) groups is 4. The number of sulfonamides is 1. The van der Waals surface area contributed by atoms with Gasteiger partial charge in [-0.15, -0.1) is 0 Å². The molecule has 2 aromatic carbocycles. The van der Waals surface area contributed by atoms with E-state index in [-0.39, 0.29) is 35.4 Å². The van der Waals surface area contributed by atoms with Gasteiger partial charge in [-0.1, -0.05) is 6.07 Å². The molecule has 196 valence electrons. The molecule has 1 aliphatic heterocycles. The molecule has 1 atom stereocenters. The van der Waals surface area contributed by atoms with Crippen molar-refractivity contribution in [3.63, 3.8) is 0 Å². The second-order valence-corrected chi connectivity index (χ2v) is 10.5. The summed E-state index contributed by atoms with van der Waals surface area (Å²) in [6.07, 6.45) is 2.68. The van der Waals surface area contributed by atoms with Gasteiger partial charge in [0.1, 0.15) is 6.04 Å². The highest BCUT2D eigenvalue weighted by molar-refractivity contribution is 7.89. The first-order chi connectivity index (χ1) is 18.1. The Morgan fingerprint density at radius 3 is 2.05 bits per heavy atom. The molecule has 0 radical (unpaired) electrons. The minimum absolute atomic E-state index is 0.103. The summed E-state index contributed by atoms with van der Waals surface area (Å²) < 4.78 is 28.6. The van der Waals surface area contributed by atoms with Gasteiger partial charge in [-0.05, 0) is 60.2 Å². The molecule has 1 fully saturated rings. The number of carbonyl (C=O) groups excluding carboxylic acids is 4. The van der Waals surface area contributed by atoms with Crippen LogP contribution in [-0.4, -0.2) is 47.4 Å². The largest absolute Gasteiger partial charge is 0.326 e. The van der Waals surface area contributed by atoms with Crippen molar-refractivity contribution in [2.45, 2.75) is 37.8 Å². The molecule has 3 aromatic rings. The molecule has 1 saturated heterocycles. The van der Waals surface area contributed by atoms with E-state index in [0.29, 0.717) is 16.9 Å². The predicted octanol–water partition coefficient (Wildman–Crippen LogP) is 2.52. The summed E-state index contributed by atoms with van der Waals surface area (Å²) >= 11 is 0. The minimum atomic E-state index is -4.26. The molecule has 0 spiro atoms. The third-order valence-corrected chi connectivity index (χ3v) is 7.63. The molecule has 11 nitrogen and oxygen atoms in total. The fourth-order valence-electron chi connectivity index (χ4n) is 4.09. The first-order valence-corrected chi connectivity index (χ1v) is 13.0. The molecule has 4 rings (SSSR count). The van der Waals surface area contributed by atoms with Crippen LogP contribution in [0.5, 0.6) is 0 Å². The molecule has 38 heavy (non-hydrogen) atoms. The van der Waals surface area contributed by atoms with E-state index in [4.69, 9.17) is 0 Å². The van der Waals surface area contributed by atoms with Crippen molar-refractivity contribution >= 4 is 50.7 Å². The molecule has 2 N–H and O–H groups in total. The Hall–Kier alpha value is -4.42. The van der Waals surface area contributed by atoms with Gasteiger partial charge in [0.2, 0.25) is 27.7 Å². The minimum Gasteiger partial charge on any atom is -0.326 e. The van der Waals surface area contributed by atoms with Crippen LogP contribution in [0.25, 0.3) is 0 Å². The molecule has 0 aliphatic carbocycles. The molecule has 12 heteroatoms. The summed E-state index contributed by atoms with van der Waals surface area (Å²) in [5.74, 6) is -1.82. The lowest BCUT2D eigenvalue weighted by Gasteiger charge is -2.27. The predicted molar refractivity (Wildman–Crippen MR) is 139 cm³/mol. The standard InChI is InChI=1S/C26H25N5O6S/c1-17(32)28-20-5-9-22(10-6-20)31-25(34)14-24(26(31)35)30(16-19-4-3-13-27-15-19)38(36,37)23-11-7-21(8-12-23)29-18(2)33/h3-13,15,24H,14,16H2,1-2H3,(H,28,32)(H,29,33). The summed E-state index contributed by atoms with van der Waals surface area (Å²) in [6, 6.07) is 13.7. The van der Waals surface area contributed by atoms with Crippen LogP contribution in [-0.2, 0) is 35.7 Å². The highest BCUT2D eigenvalue weighted by atomic mass is 32.2. The quantitative estimate of drug-likeness (QED) is 0.422. The highest BCUT2D eigenvalue weighted by Gasteiger charge is 2.47. The number of aromatic nitrogens is 1. The maximum absolute atomic E-state index is 13.8. The average Bonchev–Trinajstić information content (AvgIpc) is 3.16. The zero-order valence-electron chi connectivity index (χ0n) is 20.6. The first-order valence-electron chi connectivity index (χ1n) is 11.6. The number of rotatable bonds is 8. The molecule has 1 aliphatic rings. The maximum Gasteiger partial charge on any atom is 0.252 e. The van der Waals surface area contributed by atoms with E-state index >= 15 is 0 Å². The fourth-order valence-corrected chi connectivity index (χ4v) is 5.66. The molecule has 0 saturated carbocycles. The van der Waals surface area contributed by atoms with Crippen molar-refractivity contribution < 1.29 is 27.6 Å². The smallest absolute Gasteiger partial charge is 0.252 e. The molecule has 4 amide bonds. The van der Waals surface area contributed by atoms with E-state index in [1.54, 1.807) is 30.5 Å². The van der Waals surface area contributed by atoms with Gasteiger partial charge in [-0.2, -0.15) is 4.31 Å². The van der Waals surface area contributed by atoms with Crippen molar-refractivity contribution in [1.82, 2.24) is 9.29 Å². The normalized spacial score (nSPS) is 15.6. The zero-order chi connectivity index (χ0) is 27.4. The number of nitrogens with one attached hydrogen (secondary N) is 2. The Bertz CT molecular complexity index is 1470. The average molecular weight is 536 g/mol. The molecule has 1 unspecified atom stereocenters. The van der Waals surface area contributed by atoms with Crippen LogP contribution < -0.4 is 15.5 Å². The Kier molecular flexibility index (Phi) is 7.65. The number of imide groups is 1. The van der Waals surface area contributed by atoms with E-state index < -0.39 is 27.9 Å². The summed E-state index contributed by atoms with van der Waals surface area (Å²) in [5, 5.41) is 5.18. The number of anilines is 3. The number of pyridine rings is 1. The molecule has 1 aromatic heterocycles. The maximum atomic E-state index is 13.8. The van der Waals surface area contributed by atoms with Gasteiger partial charge in [0.25, 0.3) is 5.91 Å². The van der Waals surface area contributed by atoms with Crippen LogP contribution in [0.3, 0.4) is 0 Å². The van der Waals surface area contributed by atoms with Gasteiger partial charge in [0.05, 0.1) is 17.0 Å². The van der Waals surface area contributed by atoms with E-state index in [9.17, 15) is 27.6 Å². The fraction of sp³-hybridized carbons (Fsp3) is 0.192. The Labute approximate surface area is 219 Å². The van der Waals surface area contributed by atoms with Crippen molar-refractivity contribution in [2.24, 2.45) is 0 Å². The number of hydrogen-bond donors (Lipinski definition) is 2. The van der Waals surface area contributed by atoms with E-state index in [1.807, 2.05) is 0 Å². The van der Waals surface area contributed by atoms with Crippen LogP contribution in [0.15, 0.2) is 78.0 Å². The van der Waals surface area contributed by atoms with Crippen LogP contribution in [0.1, 0.15) is 25.8 Å². The molecule has 2 heterocycles. The summed E-state index contributed by atoms with van der Waals surface area (Å²) in [5.41, 5.74) is 1.69. The van der Waals surface area contributed by atoms with Crippen molar-refractivity contribution in [1.29, 1.82) is 0 Å². The van der Waals surface area contributed by atoms with E-state index in [2.05, 4.69) is 15.6 Å². The van der Waals surface area contributed by atoms with Gasteiger partial charge in [-0.3, -0.25) is 24.2 Å². The monoisotopic (exact) mass is 535 g/mol. The Morgan fingerprint density at radius 2 is 1.53 bits per heavy atom. The second kappa shape index (κ2) is 10.9. The molecular formula is C26H25N5O6S. The van der Waals surface area contributed by atoms with Gasteiger partial charge in [-0.25, -0.2) is 13.3 Å². The van der Waals surface area contributed by atoms with E-state index in [1.165, 1.54) is 56.4 Å². The number of hydrogen-bond acceptors (Lipinski definition) is 7. The Morgan fingerprint density at radius 1 is 0.947 bits per heavy atom. The first kappa shape index (κ1) is 26.6. The van der Waals surface area contributed by atoms with E-state index in [0.717, 1.165) is 9.21 Å². The highest BCUT2D eigenvalue weighted by Crippen LogP contribution is 2.31. The summed E-state index contributed by atoms with van der Waals surface area (Å²) in [4.78, 5) is 54.0. The Balaban J connectivity index is 1.68. The van der Waals surface area contributed by atoms with Crippen LogP contribution in [0.4, 0.5) is 17.1 Å².